The molecule has 1 fully saturated rings. The highest BCUT2D eigenvalue weighted by Gasteiger charge is 2.19. The second-order valence-corrected chi connectivity index (χ2v) is 5.09. The summed E-state index contributed by atoms with van der Waals surface area (Å²) in [5, 5.41) is 0. The van der Waals surface area contributed by atoms with Crippen LogP contribution >= 0.6 is 11.8 Å². The number of nitrogen functional groups attached to an aromatic ring is 1. The Hall–Kier alpha value is -1.36. The molecular formula is C12H16N2O2S. The first-order valence-electron chi connectivity index (χ1n) is 5.53. The zero-order chi connectivity index (χ0) is 12.3. The standard InChI is InChI=1S/C12H16N2O2S/c1-16-12(15)10-8-9(13)2-3-11(10)14-4-6-17-7-5-14/h2-3,8H,4-7,13H2,1H3. The number of carbonyl (C=O) groups excluding carboxylic acids is 1. The van der Waals surface area contributed by atoms with Crippen LogP contribution in [0.3, 0.4) is 0 Å². The Bertz CT molecular complexity index is 417. The summed E-state index contributed by atoms with van der Waals surface area (Å²) < 4.78 is 4.80. The molecule has 0 aromatic heterocycles. The van der Waals surface area contributed by atoms with Crippen molar-refractivity contribution >= 4 is 29.1 Å². The number of thioether (sulfide) groups is 1. The summed E-state index contributed by atoms with van der Waals surface area (Å²) >= 11 is 1.93. The predicted molar refractivity (Wildman–Crippen MR) is 71.7 cm³/mol. The molecule has 0 bridgehead atoms. The summed E-state index contributed by atoms with van der Waals surface area (Å²) in [6.07, 6.45) is 0. The molecule has 0 radical (unpaired) electrons. The molecule has 0 saturated carbocycles. The molecule has 1 aromatic carbocycles. The summed E-state index contributed by atoms with van der Waals surface area (Å²) in [7, 11) is 1.39. The van der Waals surface area contributed by atoms with Crippen molar-refractivity contribution in [3.8, 4) is 0 Å². The van der Waals surface area contributed by atoms with Crippen LogP contribution in [-0.2, 0) is 4.74 Å². The molecule has 4 nitrogen and oxygen atoms in total. The number of benzene rings is 1. The second-order valence-electron chi connectivity index (χ2n) is 3.87. The van der Waals surface area contributed by atoms with E-state index in [4.69, 9.17) is 10.5 Å². The molecular weight excluding hydrogens is 236 g/mol. The Kier molecular flexibility index (Phi) is 3.78. The van der Waals surface area contributed by atoms with Gasteiger partial charge in [-0.05, 0) is 18.2 Å². The van der Waals surface area contributed by atoms with Crippen LogP contribution in [0.5, 0.6) is 0 Å². The van der Waals surface area contributed by atoms with Gasteiger partial charge in [0, 0.05) is 30.3 Å². The number of hydrogen-bond donors (Lipinski definition) is 1. The average Bonchev–Trinajstić information content (AvgIpc) is 2.38. The number of esters is 1. The van der Waals surface area contributed by atoms with Crippen molar-refractivity contribution in [3.63, 3.8) is 0 Å². The van der Waals surface area contributed by atoms with Crippen LogP contribution in [0.2, 0.25) is 0 Å². The van der Waals surface area contributed by atoms with E-state index in [2.05, 4.69) is 4.90 Å². The molecule has 1 aliphatic heterocycles. The van der Waals surface area contributed by atoms with Crippen molar-refractivity contribution in [1.82, 2.24) is 0 Å². The highest BCUT2D eigenvalue weighted by molar-refractivity contribution is 7.99. The predicted octanol–water partition coefficient (Wildman–Crippen LogP) is 1.61. The van der Waals surface area contributed by atoms with Crippen molar-refractivity contribution in [2.24, 2.45) is 0 Å². The van der Waals surface area contributed by atoms with E-state index >= 15 is 0 Å². The van der Waals surface area contributed by atoms with Gasteiger partial charge in [-0.15, -0.1) is 0 Å². The number of anilines is 2. The summed E-state index contributed by atoms with van der Waals surface area (Å²) in [5.41, 5.74) is 7.78. The summed E-state index contributed by atoms with van der Waals surface area (Å²) in [4.78, 5) is 13.9. The van der Waals surface area contributed by atoms with Gasteiger partial charge in [-0.1, -0.05) is 0 Å². The molecule has 0 amide bonds. The van der Waals surface area contributed by atoms with Crippen LogP contribution < -0.4 is 10.6 Å². The Morgan fingerprint density at radius 1 is 1.41 bits per heavy atom. The van der Waals surface area contributed by atoms with Crippen LogP contribution in [0.15, 0.2) is 18.2 Å². The number of rotatable bonds is 2. The van der Waals surface area contributed by atoms with Crippen molar-refractivity contribution < 1.29 is 9.53 Å². The lowest BCUT2D eigenvalue weighted by atomic mass is 10.1. The van der Waals surface area contributed by atoms with Gasteiger partial charge in [0.1, 0.15) is 0 Å². The molecule has 1 saturated heterocycles. The lowest BCUT2D eigenvalue weighted by molar-refractivity contribution is 0.0601. The quantitative estimate of drug-likeness (QED) is 0.640. The van der Waals surface area contributed by atoms with Crippen molar-refractivity contribution in [3.05, 3.63) is 23.8 Å². The third-order valence-corrected chi connectivity index (χ3v) is 3.72. The van der Waals surface area contributed by atoms with Gasteiger partial charge in [-0.25, -0.2) is 4.79 Å². The maximum Gasteiger partial charge on any atom is 0.340 e. The third-order valence-electron chi connectivity index (χ3n) is 2.78. The van der Waals surface area contributed by atoms with Gasteiger partial charge in [0.25, 0.3) is 0 Å². The Labute approximate surface area is 105 Å². The van der Waals surface area contributed by atoms with Gasteiger partial charge in [-0.2, -0.15) is 11.8 Å². The van der Waals surface area contributed by atoms with Crippen LogP contribution in [-0.4, -0.2) is 37.7 Å². The number of nitrogens with zero attached hydrogens (tertiary/aromatic N) is 1. The Balaban J connectivity index is 2.34. The molecule has 0 atom stereocenters. The minimum absolute atomic E-state index is 0.328. The second kappa shape index (κ2) is 5.31. The number of hydrogen-bond acceptors (Lipinski definition) is 5. The van der Waals surface area contributed by atoms with E-state index in [9.17, 15) is 4.79 Å². The fraction of sp³-hybridized carbons (Fsp3) is 0.417. The maximum atomic E-state index is 11.7. The molecule has 0 spiro atoms. The van der Waals surface area contributed by atoms with E-state index < -0.39 is 0 Å². The van der Waals surface area contributed by atoms with Crippen molar-refractivity contribution in [2.45, 2.75) is 0 Å². The molecule has 1 aromatic rings. The molecule has 5 heteroatoms. The van der Waals surface area contributed by atoms with Gasteiger partial charge in [0.05, 0.1) is 18.4 Å². The van der Waals surface area contributed by atoms with Gasteiger partial charge in [0.15, 0.2) is 0 Å². The van der Waals surface area contributed by atoms with E-state index in [1.807, 2.05) is 23.9 Å². The smallest absolute Gasteiger partial charge is 0.340 e. The monoisotopic (exact) mass is 252 g/mol. The average molecular weight is 252 g/mol. The van der Waals surface area contributed by atoms with Crippen molar-refractivity contribution in [2.75, 3.05) is 42.3 Å². The van der Waals surface area contributed by atoms with E-state index in [0.29, 0.717) is 11.3 Å². The summed E-state index contributed by atoms with van der Waals surface area (Å²) in [6.45, 7) is 1.91. The highest BCUT2D eigenvalue weighted by Crippen LogP contribution is 2.26. The van der Waals surface area contributed by atoms with E-state index in [0.717, 1.165) is 30.3 Å². The molecule has 1 aliphatic rings. The minimum Gasteiger partial charge on any atom is -0.465 e. The number of ether oxygens (including phenoxy) is 1. The fourth-order valence-electron chi connectivity index (χ4n) is 1.91. The number of carbonyl (C=O) groups is 1. The largest absolute Gasteiger partial charge is 0.465 e. The van der Waals surface area contributed by atoms with Gasteiger partial charge < -0.3 is 15.4 Å². The lowest BCUT2D eigenvalue weighted by Gasteiger charge is -2.29. The highest BCUT2D eigenvalue weighted by atomic mass is 32.2. The van der Waals surface area contributed by atoms with Crippen LogP contribution in [0.4, 0.5) is 11.4 Å². The minimum atomic E-state index is -0.328. The van der Waals surface area contributed by atoms with Crippen LogP contribution in [0.25, 0.3) is 0 Å². The van der Waals surface area contributed by atoms with E-state index in [1.54, 1.807) is 6.07 Å². The Morgan fingerprint density at radius 2 is 2.12 bits per heavy atom. The molecule has 2 rings (SSSR count). The van der Waals surface area contributed by atoms with Gasteiger partial charge in [-0.3, -0.25) is 0 Å². The molecule has 2 N–H and O–H groups in total. The Morgan fingerprint density at radius 3 is 2.76 bits per heavy atom. The fourth-order valence-corrected chi connectivity index (χ4v) is 2.81. The van der Waals surface area contributed by atoms with Crippen LogP contribution in [0, 0.1) is 0 Å². The maximum absolute atomic E-state index is 11.7. The van der Waals surface area contributed by atoms with E-state index in [-0.39, 0.29) is 5.97 Å². The SMILES string of the molecule is COC(=O)c1cc(N)ccc1N1CCSCC1. The number of methoxy groups -OCH3 is 1. The molecule has 0 aliphatic carbocycles. The lowest BCUT2D eigenvalue weighted by Crippen LogP contribution is -2.33. The van der Waals surface area contributed by atoms with Crippen molar-refractivity contribution in [1.29, 1.82) is 0 Å². The zero-order valence-electron chi connectivity index (χ0n) is 9.81. The molecule has 17 heavy (non-hydrogen) atoms. The summed E-state index contributed by atoms with van der Waals surface area (Å²) in [6, 6.07) is 5.41. The summed E-state index contributed by atoms with van der Waals surface area (Å²) in [5.74, 6) is 1.85. The van der Waals surface area contributed by atoms with Gasteiger partial charge in [0.2, 0.25) is 0 Å². The first kappa shape index (κ1) is 12.1. The topological polar surface area (TPSA) is 55.6 Å². The first-order valence-corrected chi connectivity index (χ1v) is 6.68. The van der Waals surface area contributed by atoms with E-state index in [1.165, 1.54) is 7.11 Å². The van der Waals surface area contributed by atoms with Crippen LogP contribution in [0.1, 0.15) is 10.4 Å². The molecule has 92 valence electrons. The zero-order valence-corrected chi connectivity index (χ0v) is 10.6. The third kappa shape index (κ3) is 2.66. The number of nitrogens with two attached hydrogens (primary N) is 1. The molecule has 0 unspecified atom stereocenters. The molecule has 1 heterocycles. The van der Waals surface area contributed by atoms with Gasteiger partial charge >= 0.3 is 5.97 Å². The normalized spacial score (nSPS) is 15.7. The first-order chi connectivity index (χ1) is 8.22.